The maximum absolute atomic E-state index is 12.9. The number of aromatic nitrogens is 4. The normalized spacial score (nSPS) is 15.1. The molecule has 1 fully saturated rings. The number of rotatable bonds is 6. The third-order valence-corrected chi connectivity index (χ3v) is 5.41. The van der Waals surface area contributed by atoms with Crippen molar-refractivity contribution >= 4 is 12.0 Å². The standard InChI is InChI=1S/C24H28N6O/c1-19(2)30-26-23(25-27-30)21-10-12-22(13-11-21)24(31)29-17-15-28(16-18-29)14-6-9-20-7-4-3-5-8-20/h3-13,19H,14-18H2,1-2H3/b9-6+. The Morgan fingerprint density at radius 3 is 2.35 bits per heavy atom. The lowest BCUT2D eigenvalue weighted by Crippen LogP contribution is -2.48. The van der Waals surface area contributed by atoms with Crippen LogP contribution >= 0.6 is 0 Å². The van der Waals surface area contributed by atoms with E-state index < -0.39 is 0 Å². The number of nitrogens with zero attached hydrogens (tertiary/aromatic N) is 6. The highest BCUT2D eigenvalue weighted by Crippen LogP contribution is 2.17. The summed E-state index contributed by atoms with van der Waals surface area (Å²) in [7, 11) is 0. The molecule has 0 bridgehead atoms. The van der Waals surface area contributed by atoms with Crippen molar-refractivity contribution in [2.75, 3.05) is 32.7 Å². The lowest BCUT2D eigenvalue weighted by Gasteiger charge is -2.34. The molecule has 4 rings (SSSR count). The van der Waals surface area contributed by atoms with Crippen molar-refractivity contribution in [2.45, 2.75) is 19.9 Å². The van der Waals surface area contributed by atoms with Gasteiger partial charge in [0.1, 0.15) is 0 Å². The number of carbonyl (C=O) groups is 1. The molecule has 7 nitrogen and oxygen atoms in total. The van der Waals surface area contributed by atoms with Crippen LogP contribution < -0.4 is 0 Å². The molecule has 0 N–H and O–H groups in total. The number of amides is 1. The van der Waals surface area contributed by atoms with Crippen molar-refractivity contribution in [3.05, 3.63) is 71.8 Å². The van der Waals surface area contributed by atoms with E-state index >= 15 is 0 Å². The molecule has 1 amide bonds. The third-order valence-electron chi connectivity index (χ3n) is 5.41. The molecule has 0 radical (unpaired) electrons. The zero-order valence-electron chi connectivity index (χ0n) is 18.1. The number of benzene rings is 2. The minimum atomic E-state index is 0.0739. The summed E-state index contributed by atoms with van der Waals surface area (Å²) in [5.41, 5.74) is 2.76. The van der Waals surface area contributed by atoms with E-state index in [2.05, 4.69) is 44.6 Å². The van der Waals surface area contributed by atoms with E-state index in [9.17, 15) is 4.79 Å². The summed E-state index contributed by atoms with van der Waals surface area (Å²) < 4.78 is 0. The smallest absolute Gasteiger partial charge is 0.253 e. The molecule has 7 heteroatoms. The fourth-order valence-electron chi connectivity index (χ4n) is 3.54. The van der Waals surface area contributed by atoms with E-state index in [1.54, 1.807) is 4.80 Å². The van der Waals surface area contributed by atoms with Crippen LogP contribution in [0.2, 0.25) is 0 Å². The van der Waals surface area contributed by atoms with Crippen LogP contribution in [-0.2, 0) is 0 Å². The summed E-state index contributed by atoms with van der Waals surface area (Å²) >= 11 is 0. The first-order chi connectivity index (χ1) is 15.1. The van der Waals surface area contributed by atoms with Crippen molar-refractivity contribution < 1.29 is 4.79 Å². The van der Waals surface area contributed by atoms with Gasteiger partial charge in [-0.1, -0.05) is 54.6 Å². The Labute approximate surface area is 183 Å². The van der Waals surface area contributed by atoms with Crippen molar-refractivity contribution in [3.63, 3.8) is 0 Å². The average molecular weight is 417 g/mol. The molecule has 1 aliphatic heterocycles. The minimum Gasteiger partial charge on any atom is -0.336 e. The Morgan fingerprint density at radius 1 is 1.00 bits per heavy atom. The second-order valence-electron chi connectivity index (χ2n) is 8.01. The predicted octanol–water partition coefficient (Wildman–Crippen LogP) is 3.39. The Morgan fingerprint density at radius 2 is 1.71 bits per heavy atom. The molecule has 2 aromatic carbocycles. The average Bonchev–Trinajstić information content (AvgIpc) is 3.31. The van der Waals surface area contributed by atoms with Gasteiger partial charge in [-0.05, 0) is 36.8 Å². The fourth-order valence-corrected chi connectivity index (χ4v) is 3.54. The van der Waals surface area contributed by atoms with Gasteiger partial charge >= 0.3 is 0 Å². The Kier molecular flexibility index (Phi) is 6.52. The Bertz CT molecular complexity index is 1020. The van der Waals surface area contributed by atoms with Crippen LogP contribution in [0.25, 0.3) is 17.5 Å². The molecule has 1 saturated heterocycles. The molecule has 160 valence electrons. The number of carbonyl (C=O) groups excluding carboxylic acids is 1. The zero-order chi connectivity index (χ0) is 21.6. The van der Waals surface area contributed by atoms with Crippen molar-refractivity contribution in [1.29, 1.82) is 0 Å². The lowest BCUT2D eigenvalue weighted by atomic mass is 10.1. The maximum atomic E-state index is 12.9. The first kappa shape index (κ1) is 20.9. The van der Waals surface area contributed by atoms with Gasteiger partial charge in [0.15, 0.2) is 0 Å². The van der Waals surface area contributed by atoms with E-state index in [4.69, 9.17) is 0 Å². The lowest BCUT2D eigenvalue weighted by molar-refractivity contribution is 0.0650. The highest BCUT2D eigenvalue weighted by molar-refractivity contribution is 5.94. The summed E-state index contributed by atoms with van der Waals surface area (Å²) in [5, 5.41) is 12.5. The largest absolute Gasteiger partial charge is 0.336 e. The molecule has 0 spiro atoms. The molecule has 0 unspecified atom stereocenters. The van der Waals surface area contributed by atoms with Crippen LogP contribution in [0.3, 0.4) is 0 Å². The van der Waals surface area contributed by atoms with Crippen LogP contribution in [0.4, 0.5) is 0 Å². The van der Waals surface area contributed by atoms with Crippen LogP contribution in [0, 0.1) is 0 Å². The molecule has 1 aromatic heterocycles. The van der Waals surface area contributed by atoms with Gasteiger partial charge in [-0.3, -0.25) is 9.69 Å². The van der Waals surface area contributed by atoms with E-state index in [1.807, 2.05) is 61.2 Å². The van der Waals surface area contributed by atoms with Gasteiger partial charge in [0.2, 0.25) is 5.82 Å². The summed E-state index contributed by atoms with van der Waals surface area (Å²) in [6.07, 6.45) is 4.34. The summed E-state index contributed by atoms with van der Waals surface area (Å²) in [5.74, 6) is 0.648. The van der Waals surface area contributed by atoms with Gasteiger partial charge in [-0.2, -0.15) is 4.80 Å². The fraction of sp³-hybridized carbons (Fsp3) is 0.333. The summed E-state index contributed by atoms with van der Waals surface area (Å²) in [6.45, 7) is 8.15. The minimum absolute atomic E-state index is 0.0739. The number of hydrogen-bond donors (Lipinski definition) is 0. The van der Waals surface area contributed by atoms with Crippen LogP contribution in [0.15, 0.2) is 60.7 Å². The van der Waals surface area contributed by atoms with Gasteiger partial charge in [-0.25, -0.2) is 0 Å². The third kappa shape index (κ3) is 5.24. The molecule has 3 aromatic rings. The Hall–Kier alpha value is -3.32. The summed E-state index contributed by atoms with van der Waals surface area (Å²) in [4.78, 5) is 18.8. The van der Waals surface area contributed by atoms with Crippen molar-refractivity contribution in [2.24, 2.45) is 0 Å². The van der Waals surface area contributed by atoms with Gasteiger partial charge in [0.25, 0.3) is 5.91 Å². The molecule has 0 saturated carbocycles. The highest BCUT2D eigenvalue weighted by atomic mass is 16.2. The number of piperazine rings is 1. The number of tetrazole rings is 1. The van der Waals surface area contributed by atoms with E-state index in [1.165, 1.54) is 5.56 Å². The predicted molar refractivity (Wildman–Crippen MR) is 121 cm³/mol. The molecular weight excluding hydrogens is 388 g/mol. The molecule has 0 atom stereocenters. The zero-order valence-corrected chi connectivity index (χ0v) is 18.1. The first-order valence-corrected chi connectivity index (χ1v) is 10.7. The first-order valence-electron chi connectivity index (χ1n) is 10.7. The summed E-state index contributed by atoms with van der Waals surface area (Å²) in [6, 6.07) is 17.9. The topological polar surface area (TPSA) is 67.2 Å². The van der Waals surface area contributed by atoms with Gasteiger partial charge < -0.3 is 4.90 Å². The molecular formula is C24H28N6O. The van der Waals surface area contributed by atoms with E-state index in [0.717, 1.165) is 38.3 Å². The SMILES string of the molecule is CC(C)n1nnc(-c2ccc(C(=O)N3CCN(C/C=C/c4ccccc4)CC3)cc2)n1. The van der Waals surface area contributed by atoms with Crippen molar-refractivity contribution in [3.8, 4) is 11.4 Å². The van der Waals surface area contributed by atoms with E-state index in [-0.39, 0.29) is 11.9 Å². The molecule has 1 aliphatic rings. The quantitative estimate of drug-likeness (QED) is 0.616. The maximum Gasteiger partial charge on any atom is 0.253 e. The van der Waals surface area contributed by atoms with Crippen molar-refractivity contribution in [1.82, 2.24) is 30.0 Å². The van der Waals surface area contributed by atoms with E-state index in [0.29, 0.717) is 11.4 Å². The number of hydrogen-bond acceptors (Lipinski definition) is 5. The highest BCUT2D eigenvalue weighted by Gasteiger charge is 2.21. The molecule has 31 heavy (non-hydrogen) atoms. The second kappa shape index (κ2) is 9.66. The van der Waals surface area contributed by atoms with Gasteiger partial charge in [0.05, 0.1) is 6.04 Å². The second-order valence-corrected chi connectivity index (χ2v) is 8.01. The van der Waals surface area contributed by atoms with Gasteiger partial charge in [0, 0.05) is 43.9 Å². The van der Waals surface area contributed by atoms with Crippen LogP contribution in [0.1, 0.15) is 35.8 Å². The Balaban J connectivity index is 1.29. The van der Waals surface area contributed by atoms with Crippen LogP contribution in [-0.4, -0.2) is 68.6 Å². The molecule has 0 aliphatic carbocycles. The molecule has 2 heterocycles. The monoisotopic (exact) mass is 416 g/mol. The van der Waals surface area contributed by atoms with Gasteiger partial charge in [-0.15, -0.1) is 10.2 Å². The van der Waals surface area contributed by atoms with Crippen LogP contribution in [0.5, 0.6) is 0 Å².